The van der Waals surface area contributed by atoms with E-state index in [4.69, 9.17) is 0 Å². The summed E-state index contributed by atoms with van der Waals surface area (Å²) in [5.41, 5.74) is 2.12. The summed E-state index contributed by atoms with van der Waals surface area (Å²) < 4.78 is 26.8. The third kappa shape index (κ3) is 3.46. The van der Waals surface area contributed by atoms with Crippen LogP contribution in [0.1, 0.15) is 15.9 Å². The van der Waals surface area contributed by atoms with Crippen molar-refractivity contribution >= 4 is 5.91 Å². The lowest BCUT2D eigenvalue weighted by atomic mass is 10.1. The van der Waals surface area contributed by atoms with Gasteiger partial charge in [0.15, 0.2) is 0 Å². The summed E-state index contributed by atoms with van der Waals surface area (Å²) in [4.78, 5) is 16.4. The number of hydrogen-bond acceptors (Lipinski definition) is 2. The number of amides is 1. The molecule has 0 unspecified atom stereocenters. The van der Waals surface area contributed by atoms with Gasteiger partial charge in [-0.1, -0.05) is 36.4 Å². The van der Waals surface area contributed by atoms with Crippen molar-refractivity contribution in [3.05, 3.63) is 89.6 Å². The van der Waals surface area contributed by atoms with Gasteiger partial charge < -0.3 is 5.32 Å². The highest BCUT2D eigenvalue weighted by molar-refractivity contribution is 5.94. The maximum atomic E-state index is 13.7. The number of benzene rings is 2. The third-order valence-corrected chi connectivity index (χ3v) is 3.55. The Morgan fingerprint density at radius 3 is 2.58 bits per heavy atom. The molecule has 0 saturated carbocycles. The van der Waals surface area contributed by atoms with Crippen molar-refractivity contribution in [1.29, 1.82) is 0 Å². The van der Waals surface area contributed by atoms with Gasteiger partial charge in [0, 0.05) is 18.3 Å². The fourth-order valence-electron chi connectivity index (χ4n) is 2.38. The number of nitrogens with one attached hydrogen (secondary N) is 1. The minimum atomic E-state index is -0.761. The van der Waals surface area contributed by atoms with Crippen LogP contribution in [-0.2, 0) is 6.54 Å². The van der Waals surface area contributed by atoms with Crippen LogP contribution in [0.2, 0.25) is 0 Å². The van der Waals surface area contributed by atoms with E-state index in [-0.39, 0.29) is 12.1 Å². The molecule has 0 aliphatic rings. The molecule has 3 aromatic rings. The molecule has 0 aliphatic heterocycles. The van der Waals surface area contributed by atoms with Crippen molar-refractivity contribution in [3.63, 3.8) is 0 Å². The van der Waals surface area contributed by atoms with Gasteiger partial charge in [0.1, 0.15) is 11.6 Å². The molecule has 0 bridgehead atoms. The van der Waals surface area contributed by atoms with Gasteiger partial charge in [0.2, 0.25) is 0 Å². The molecular weight excluding hydrogens is 310 g/mol. The second kappa shape index (κ2) is 7.00. The van der Waals surface area contributed by atoms with Crippen LogP contribution in [0.15, 0.2) is 66.9 Å². The summed E-state index contributed by atoms with van der Waals surface area (Å²) in [6.45, 7) is 0.160. The van der Waals surface area contributed by atoms with E-state index in [0.717, 1.165) is 35.0 Å². The lowest BCUT2D eigenvalue weighted by molar-refractivity contribution is 0.0946. The lowest BCUT2D eigenvalue weighted by Gasteiger charge is -2.10. The van der Waals surface area contributed by atoms with Crippen LogP contribution in [0.3, 0.4) is 0 Å². The predicted molar refractivity (Wildman–Crippen MR) is 87.2 cm³/mol. The number of pyridine rings is 1. The first kappa shape index (κ1) is 15.8. The molecule has 3 rings (SSSR count). The van der Waals surface area contributed by atoms with Crippen molar-refractivity contribution < 1.29 is 13.6 Å². The zero-order chi connectivity index (χ0) is 16.9. The number of carbonyl (C=O) groups is 1. The zero-order valence-corrected chi connectivity index (χ0v) is 12.7. The molecular formula is C19H14F2N2O. The number of aromatic nitrogens is 1. The Morgan fingerprint density at radius 2 is 1.79 bits per heavy atom. The Morgan fingerprint density at radius 1 is 1.00 bits per heavy atom. The SMILES string of the molecule is O=C(NCc1cccnc1-c1ccccc1)c1cc(F)ccc1F. The Kier molecular flexibility index (Phi) is 4.61. The van der Waals surface area contributed by atoms with Crippen LogP contribution in [-0.4, -0.2) is 10.9 Å². The van der Waals surface area contributed by atoms with Gasteiger partial charge in [-0.2, -0.15) is 0 Å². The number of hydrogen-bond donors (Lipinski definition) is 1. The van der Waals surface area contributed by atoms with E-state index < -0.39 is 17.5 Å². The largest absolute Gasteiger partial charge is 0.348 e. The molecule has 0 fully saturated rings. The Labute approximate surface area is 138 Å². The Bertz CT molecular complexity index is 866. The highest BCUT2D eigenvalue weighted by Gasteiger charge is 2.13. The fraction of sp³-hybridized carbons (Fsp3) is 0.0526. The predicted octanol–water partition coefficient (Wildman–Crippen LogP) is 3.96. The van der Waals surface area contributed by atoms with E-state index in [1.54, 1.807) is 12.3 Å². The molecule has 0 radical (unpaired) electrons. The van der Waals surface area contributed by atoms with Gasteiger partial charge in [-0.15, -0.1) is 0 Å². The summed E-state index contributed by atoms with van der Waals surface area (Å²) in [6, 6.07) is 15.9. The molecule has 0 atom stereocenters. The van der Waals surface area contributed by atoms with E-state index in [2.05, 4.69) is 10.3 Å². The molecule has 1 amide bonds. The fourth-order valence-corrected chi connectivity index (χ4v) is 2.38. The molecule has 2 aromatic carbocycles. The van der Waals surface area contributed by atoms with Crippen molar-refractivity contribution in [3.8, 4) is 11.3 Å². The van der Waals surface area contributed by atoms with Gasteiger partial charge in [-0.25, -0.2) is 8.78 Å². The van der Waals surface area contributed by atoms with E-state index in [1.807, 2.05) is 36.4 Å². The minimum absolute atomic E-state index is 0.160. The lowest BCUT2D eigenvalue weighted by Crippen LogP contribution is -2.24. The molecule has 0 aliphatic carbocycles. The summed E-state index contributed by atoms with van der Waals surface area (Å²) in [7, 11) is 0. The topological polar surface area (TPSA) is 42.0 Å². The van der Waals surface area contributed by atoms with E-state index in [1.165, 1.54) is 0 Å². The van der Waals surface area contributed by atoms with Gasteiger partial charge >= 0.3 is 0 Å². The quantitative estimate of drug-likeness (QED) is 0.789. The van der Waals surface area contributed by atoms with Crippen LogP contribution in [0.5, 0.6) is 0 Å². The average Bonchev–Trinajstić information content (AvgIpc) is 2.62. The van der Waals surface area contributed by atoms with Crippen molar-refractivity contribution in [2.24, 2.45) is 0 Å². The highest BCUT2D eigenvalue weighted by Crippen LogP contribution is 2.20. The van der Waals surface area contributed by atoms with Gasteiger partial charge in [-0.3, -0.25) is 9.78 Å². The van der Waals surface area contributed by atoms with Crippen LogP contribution < -0.4 is 5.32 Å². The molecule has 5 heteroatoms. The molecule has 3 nitrogen and oxygen atoms in total. The van der Waals surface area contributed by atoms with Crippen LogP contribution in [0, 0.1) is 11.6 Å². The van der Waals surface area contributed by atoms with E-state index in [0.29, 0.717) is 0 Å². The summed E-state index contributed by atoms with van der Waals surface area (Å²) >= 11 is 0. The van der Waals surface area contributed by atoms with Crippen LogP contribution in [0.25, 0.3) is 11.3 Å². The maximum Gasteiger partial charge on any atom is 0.254 e. The average molecular weight is 324 g/mol. The van der Waals surface area contributed by atoms with E-state index >= 15 is 0 Å². The summed E-state index contributed by atoms with van der Waals surface area (Å²) in [5, 5.41) is 2.61. The number of halogens is 2. The third-order valence-electron chi connectivity index (χ3n) is 3.55. The second-order valence-electron chi connectivity index (χ2n) is 5.18. The number of nitrogens with zero attached hydrogens (tertiary/aromatic N) is 1. The molecule has 1 heterocycles. The first-order chi connectivity index (χ1) is 11.6. The minimum Gasteiger partial charge on any atom is -0.348 e. The van der Waals surface area contributed by atoms with Gasteiger partial charge in [-0.05, 0) is 29.8 Å². The monoisotopic (exact) mass is 324 g/mol. The zero-order valence-electron chi connectivity index (χ0n) is 12.7. The van der Waals surface area contributed by atoms with Gasteiger partial charge in [0.05, 0.1) is 11.3 Å². The molecule has 0 saturated heterocycles. The highest BCUT2D eigenvalue weighted by atomic mass is 19.1. The second-order valence-corrected chi connectivity index (χ2v) is 5.18. The standard InChI is InChI=1S/C19H14F2N2O/c20-15-8-9-17(21)16(11-15)19(24)23-12-14-7-4-10-22-18(14)13-5-2-1-3-6-13/h1-11H,12H2,(H,23,24). The van der Waals surface area contributed by atoms with Crippen molar-refractivity contribution in [1.82, 2.24) is 10.3 Å². The molecule has 24 heavy (non-hydrogen) atoms. The Balaban J connectivity index is 1.80. The summed E-state index contributed by atoms with van der Waals surface area (Å²) in [5.74, 6) is -2.09. The first-order valence-electron chi connectivity index (χ1n) is 7.38. The summed E-state index contributed by atoms with van der Waals surface area (Å²) in [6.07, 6.45) is 1.67. The molecule has 1 aromatic heterocycles. The Hall–Kier alpha value is -3.08. The number of carbonyl (C=O) groups excluding carboxylic acids is 1. The van der Waals surface area contributed by atoms with Crippen LogP contribution >= 0.6 is 0 Å². The van der Waals surface area contributed by atoms with Crippen molar-refractivity contribution in [2.45, 2.75) is 6.54 Å². The maximum absolute atomic E-state index is 13.7. The van der Waals surface area contributed by atoms with Crippen molar-refractivity contribution in [2.75, 3.05) is 0 Å². The van der Waals surface area contributed by atoms with Gasteiger partial charge in [0.25, 0.3) is 5.91 Å². The first-order valence-corrected chi connectivity index (χ1v) is 7.38. The van der Waals surface area contributed by atoms with Crippen LogP contribution in [0.4, 0.5) is 8.78 Å². The number of rotatable bonds is 4. The smallest absolute Gasteiger partial charge is 0.254 e. The molecule has 120 valence electrons. The molecule has 1 N–H and O–H groups in total. The normalized spacial score (nSPS) is 10.4. The van der Waals surface area contributed by atoms with E-state index in [9.17, 15) is 13.6 Å². The molecule has 0 spiro atoms.